The zero-order chi connectivity index (χ0) is 15.2. The number of alkyl halides is 2. The van der Waals surface area contributed by atoms with E-state index in [1.165, 1.54) is 6.07 Å². The standard InChI is InChI=1S/C16H16F3NS/c1-2-13(11-7-3-4-8-12(11)17)20-14-9-5-6-10-15(14)21-16(18)19/h3-10,13,16,20H,2H2,1H3. The third-order valence-electron chi connectivity index (χ3n) is 3.12. The second-order valence-corrected chi connectivity index (χ2v) is 5.53. The van der Waals surface area contributed by atoms with Crippen LogP contribution < -0.4 is 5.32 Å². The summed E-state index contributed by atoms with van der Waals surface area (Å²) in [5, 5.41) is 3.17. The molecule has 0 fully saturated rings. The van der Waals surface area contributed by atoms with Crippen LogP contribution >= 0.6 is 11.8 Å². The third kappa shape index (κ3) is 4.17. The van der Waals surface area contributed by atoms with Crippen LogP contribution in [0.2, 0.25) is 0 Å². The summed E-state index contributed by atoms with van der Waals surface area (Å²) >= 11 is 0.487. The van der Waals surface area contributed by atoms with E-state index in [2.05, 4.69) is 5.32 Å². The average molecular weight is 311 g/mol. The number of anilines is 1. The molecule has 5 heteroatoms. The first-order valence-corrected chi connectivity index (χ1v) is 7.54. The van der Waals surface area contributed by atoms with Crippen molar-refractivity contribution in [3.05, 3.63) is 59.9 Å². The van der Waals surface area contributed by atoms with E-state index in [-0.39, 0.29) is 11.9 Å². The van der Waals surface area contributed by atoms with E-state index in [9.17, 15) is 13.2 Å². The van der Waals surface area contributed by atoms with Crippen LogP contribution in [0.5, 0.6) is 0 Å². The lowest BCUT2D eigenvalue weighted by Gasteiger charge is -2.21. The number of benzene rings is 2. The van der Waals surface area contributed by atoms with Gasteiger partial charge in [-0.2, -0.15) is 8.78 Å². The van der Waals surface area contributed by atoms with Crippen molar-refractivity contribution < 1.29 is 13.2 Å². The number of thioether (sulfide) groups is 1. The van der Waals surface area contributed by atoms with Gasteiger partial charge < -0.3 is 5.32 Å². The quantitative estimate of drug-likeness (QED) is 0.686. The molecule has 1 unspecified atom stereocenters. The first kappa shape index (κ1) is 15.8. The second kappa shape index (κ2) is 7.41. The van der Waals surface area contributed by atoms with Crippen LogP contribution in [-0.2, 0) is 0 Å². The van der Waals surface area contributed by atoms with Crippen LogP contribution in [0, 0.1) is 5.82 Å². The predicted octanol–water partition coefficient (Wildman–Crippen LogP) is 5.70. The molecule has 0 bridgehead atoms. The molecular formula is C16H16F3NS. The average Bonchev–Trinajstić information content (AvgIpc) is 2.47. The molecule has 0 aliphatic carbocycles. The van der Waals surface area contributed by atoms with Gasteiger partial charge in [-0.05, 0) is 24.6 Å². The predicted molar refractivity (Wildman–Crippen MR) is 81.4 cm³/mol. The number of halogens is 3. The minimum Gasteiger partial charge on any atom is -0.377 e. The van der Waals surface area contributed by atoms with Crippen LogP contribution in [-0.4, -0.2) is 5.76 Å². The number of hydrogen-bond donors (Lipinski definition) is 1. The largest absolute Gasteiger partial charge is 0.377 e. The summed E-state index contributed by atoms with van der Waals surface area (Å²) in [6, 6.07) is 13.1. The number of nitrogens with one attached hydrogen (secondary N) is 1. The molecule has 2 aromatic carbocycles. The van der Waals surface area contributed by atoms with Crippen molar-refractivity contribution in [1.29, 1.82) is 0 Å². The monoisotopic (exact) mass is 311 g/mol. The minimum absolute atomic E-state index is 0.259. The highest BCUT2D eigenvalue weighted by Gasteiger charge is 2.16. The van der Waals surface area contributed by atoms with E-state index in [4.69, 9.17) is 0 Å². The number of rotatable bonds is 6. The van der Waals surface area contributed by atoms with Gasteiger partial charge >= 0.3 is 0 Å². The van der Waals surface area contributed by atoms with Crippen LogP contribution in [0.15, 0.2) is 53.4 Å². The molecule has 2 rings (SSSR count). The number of hydrogen-bond acceptors (Lipinski definition) is 2. The van der Waals surface area contributed by atoms with Crippen molar-refractivity contribution in [1.82, 2.24) is 0 Å². The van der Waals surface area contributed by atoms with E-state index >= 15 is 0 Å². The lowest BCUT2D eigenvalue weighted by Crippen LogP contribution is -2.12. The summed E-state index contributed by atoms with van der Waals surface area (Å²) < 4.78 is 39.0. The smallest absolute Gasteiger partial charge is 0.288 e. The highest BCUT2D eigenvalue weighted by molar-refractivity contribution is 7.99. The first-order valence-electron chi connectivity index (χ1n) is 6.66. The van der Waals surface area contributed by atoms with Gasteiger partial charge in [0.2, 0.25) is 0 Å². The van der Waals surface area contributed by atoms with E-state index in [0.717, 1.165) is 0 Å². The van der Waals surface area contributed by atoms with Gasteiger partial charge in [-0.25, -0.2) is 4.39 Å². The van der Waals surface area contributed by atoms with Crippen molar-refractivity contribution in [2.75, 3.05) is 5.32 Å². The Balaban J connectivity index is 2.25. The molecule has 0 aliphatic heterocycles. The highest BCUT2D eigenvalue weighted by atomic mass is 32.2. The first-order chi connectivity index (χ1) is 10.1. The van der Waals surface area contributed by atoms with Gasteiger partial charge in [-0.3, -0.25) is 0 Å². The van der Waals surface area contributed by atoms with Gasteiger partial charge in [-0.15, -0.1) is 0 Å². The molecule has 0 saturated carbocycles. The van der Waals surface area contributed by atoms with Crippen LogP contribution in [0.3, 0.4) is 0 Å². The molecule has 0 aliphatic rings. The van der Waals surface area contributed by atoms with E-state index < -0.39 is 5.76 Å². The van der Waals surface area contributed by atoms with Gasteiger partial charge in [0.25, 0.3) is 5.76 Å². The fraction of sp³-hybridized carbons (Fsp3) is 0.250. The van der Waals surface area contributed by atoms with Crippen LogP contribution in [0.25, 0.3) is 0 Å². The van der Waals surface area contributed by atoms with Crippen molar-refractivity contribution >= 4 is 17.4 Å². The summed E-state index contributed by atoms with van der Waals surface area (Å²) in [5.41, 5.74) is 1.13. The highest BCUT2D eigenvalue weighted by Crippen LogP contribution is 2.34. The zero-order valence-electron chi connectivity index (χ0n) is 11.5. The molecule has 0 saturated heterocycles. The Morgan fingerprint density at radius 2 is 1.71 bits per heavy atom. The molecule has 2 aromatic rings. The van der Waals surface area contributed by atoms with E-state index in [1.54, 1.807) is 42.5 Å². The van der Waals surface area contributed by atoms with Crippen molar-refractivity contribution in [2.24, 2.45) is 0 Å². The SMILES string of the molecule is CCC(Nc1ccccc1SC(F)F)c1ccccc1F. The lowest BCUT2D eigenvalue weighted by atomic mass is 10.0. The topological polar surface area (TPSA) is 12.0 Å². The van der Waals surface area contributed by atoms with Crippen LogP contribution in [0.1, 0.15) is 24.9 Å². The molecule has 21 heavy (non-hydrogen) atoms. The van der Waals surface area contributed by atoms with Gasteiger partial charge in [-0.1, -0.05) is 49.0 Å². The second-order valence-electron chi connectivity index (χ2n) is 4.50. The van der Waals surface area contributed by atoms with Crippen molar-refractivity contribution in [3.8, 4) is 0 Å². The molecule has 1 nitrogen and oxygen atoms in total. The van der Waals surface area contributed by atoms with Gasteiger partial charge in [0.15, 0.2) is 0 Å². The molecule has 1 N–H and O–H groups in total. The summed E-state index contributed by atoms with van der Waals surface area (Å²) in [7, 11) is 0. The molecule has 0 radical (unpaired) electrons. The van der Waals surface area contributed by atoms with Gasteiger partial charge in [0.1, 0.15) is 5.82 Å². The van der Waals surface area contributed by atoms with Crippen LogP contribution in [0.4, 0.5) is 18.9 Å². The maximum absolute atomic E-state index is 13.9. The molecule has 0 amide bonds. The van der Waals surface area contributed by atoms with Crippen molar-refractivity contribution in [3.63, 3.8) is 0 Å². The van der Waals surface area contributed by atoms with Crippen molar-refractivity contribution in [2.45, 2.75) is 30.0 Å². The minimum atomic E-state index is -2.48. The molecule has 0 spiro atoms. The molecule has 112 valence electrons. The lowest BCUT2D eigenvalue weighted by molar-refractivity contribution is 0.252. The molecule has 0 aromatic heterocycles. The molecule has 1 atom stereocenters. The fourth-order valence-corrected chi connectivity index (χ4v) is 2.73. The summed E-state index contributed by atoms with van der Waals surface area (Å²) in [4.78, 5) is 0.460. The third-order valence-corrected chi connectivity index (χ3v) is 3.91. The Morgan fingerprint density at radius 3 is 2.38 bits per heavy atom. The summed E-state index contributed by atoms with van der Waals surface area (Å²) in [5.74, 6) is -2.78. The van der Waals surface area contributed by atoms with E-state index in [0.29, 0.717) is 34.3 Å². The summed E-state index contributed by atoms with van der Waals surface area (Å²) in [6.07, 6.45) is 0.647. The Kier molecular flexibility index (Phi) is 5.56. The maximum atomic E-state index is 13.9. The Labute approximate surface area is 126 Å². The normalized spacial score (nSPS) is 12.4. The Hall–Kier alpha value is -1.62. The number of para-hydroxylation sites is 1. The molecular weight excluding hydrogens is 295 g/mol. The maximum Gasteiger partial charge on any atom is 0.288 e. The Morgan fingerprint density at radius 1 is 1.05 bits per heavy atom. The molecule has 0 heterocycles. The Bertz CT molecular complexity index is 589. The van der Waals surface area contributed by atoms with Gasteiger partial charge in [0, 0.05) is 16.1 Å². The fourth-order valence-electron chi connectivity index (χ4n) is 2.13. The summed E-state index contributed by atoms with van der Waals surface area (Å²) in [6.45, 7) is 1.92. The zero-order valence-corrected chi connectivity index (χ0v) is 12.3. The van der Waals surface area contributed by atoms with E-state index in [1.807, 2.05) is 6.92 Å². The van der Waals surface area contributed by atoms with Gasteiger partial charge in [0.05, 0.1) is 6.04 Å².